The summed E-state index contributed by atoms with van der Waals surface area (Å²) >= 11 is 0. The molecular formula is C20H19O3P. The van der Waals surface area contributed by atoms with Crippen molar-refractivity contribution in [3.63, 3.8) is 0 Å². The highest BCUT2D eigenvalue weighted by Crippen LogP contribution is 2.42. The van der Waals surface area contributed by atoms with Gasteiger partial charge in [-0.1, -0.05) is 53.6 Å². The molecule has 122 valence electrons. The van der Waals surface area contributed by atoms with E-state index in [1.807, 2.05) is 92.7 Å². The largest absolute Gasteiger partial charge is 0.530 e. The van der Waals surface area contributed by atoms with E-state index in [1.165, 1.54) is 11.1 Å². The molecule has 3 aromatic rings. The number of benzene rings is 3. The third-order valence-corrected chi connectivity index (χ3v) is 4.40. The Labute approximate surface area is 143 Å². The molecule has 0 aromatic heterocycles. The average molecular weight is 338 g/mol. The normalized spacial score (nSPS) is 10.5. The van der Waals surface area contributed by atoms with Gasteiger partial charge in [-0.2, -0.15) is 0 Å². The van der Waals surface area contributed by atoms with E-state index < -0.39 is 8.60 Å². The highest BCUT2D eigenvalue weighted by Gasteiger charge is 2.19. The van der Waals surface area contributed by atoms with Gasteiger partial charge in [0.05, 0.1) is 0 Å². The summed E-state index contributed by atoms with van der Waals surface area (Å²) in [6, 6.07) is 25.2. The lowest BCUT2D eigenvalue weighted by atomic mass is 10.2. The Balaban J connectivity index is 1.76. The summed E-state index contributed by atoms with van der Waals surface area (Å²) in [5.41, 5.74) is 2.35. The van der Waals surface area contributed by atoms with Crippen molar-refractivity contribution in [2.45, 2.75) is 13.8 Å². The molecule has 24 heavy (non-hydrogen) atoms. The molecular weight excluding hydrogens is 319 g/mol. The molecule has 3 rings (SSSR count). The van der Waals surface area contributed by atoms with Crippen LogP contribution in [-0.4, -0.2) is 0 Å². The molecule has 0 aliphatic rings. The fraction of sp³-hybridized carbons (Fsp3) is 0.100. The lowest BCUT2D eigenvalue weighted by Gasteiger charge is -2.18. The fourth-order valence-electron chi connectivity index (χ4n) is 1.99. The van der Waals surface area contributed by atoms with Crippen LogP contribution >= 0.6 is 8.60 Å². The second kappa shape index (κ2) is 7.85. The molecule has 0 saturated heterocycles. The Bertz CT molecular complexity index is 708. The van der Waals surface area contributed by atoms with E-state index in [9.17, 15) is 0 Å². The van der Waals surface area contributed by atoms with E-state index in [2.05, 4.69) is 0 Å². The van der Waals surface area contributed by atoms with Gasteiger partial charge in [-0.3, -0.25) is 0 Å². The van der Waals surface area contributed by atoms with Crippen LogP contribution in [0.25, 0.3) is 0 Å². The van der Waals surface area contributed by atoms with Crippen molar-refractivity contribution >= 4 is 8.60 Å². The molecule has 3 nitrogen and oxygen atoms in total. The van der Waals surface area contributed by atoms with E-state index in [0.29, 0.717) is 5.75 Å². The molecule has 0 aliphatic heterocycles. The van der Waals surface area contributed by atoms with Crippen molar-refractivity contribution in [2.24, 2.45) is 0 Å². The van der Waals surface area contributed by atoms with Gasteiger partial charge in [-0.15, -0.1) is 0 Å². The van der Waals surface area contributed by atoms with Gasteiger partial charge in [-0.05, 0) is 50.2 Å². The minimum atomic E-state index is -1.61. The Morgan fingerprint density at radius 2 is 0.875 bits per heavy atom. The average Bonchev–Trinajstić information content (AvgIpc) is 2.60. The molecule has 0 heterocycles. The van der Waals surface area contributed by atoms with Crippen LogP contribution < -0.4 is 13.6 Å². The number of hydrogen-bond donors (Lipinski definition) is 0. The SMILES string of the molecule is Cc1ccc(OP(Oc2ccccc2)Oc2ccc(C)cc2)cc1. The molecule has 0 saturated carbocycles. The van der Waals surface area contributed by atoms with Gasteiger partial charge in [0.15, 0.2) is 0 Å². The maximum atomic E-state index is 5.93. The number of para-hydroxylation sites is 1. The first kappa shape index (κ1) is 16.4. The highest BCUT2D eigenvalue weighted by atomic mass is 31.2. The smallest absolute Gasteiger partial charge is 0.409 e. The zero-order chi connectivity index (χ0) is 16.8. The minimum absolute atomic E-state index is 0.711. The van der Waals surface area contributed by atoms with Gasteiger partial charge in [0.25, 0.3) is 0 Å². The third kappa shape index (κ3) is 4.74. The van der Waals surface area contributed by atoms with Crippen molar-refractivity contribution in [1.29, 1.82) is 0 Å². The maximum absolute atomic E-state index is 5.93. The van der Waals surface area contributed by atoms with Crippen LogP contribution in [0.4, 0.5) is 0 Å². The molecule has 0 unspecified atom stereocenters. The van der Waals surface area contributed by atoms with E-state index >= 15 is 0 Å². The molecule has 4 heteroatoms. The maximum Gasteiger partial charge on any atom is 0.530 e. The summed E-state index contributed by atoms with van der Waals surface area (Å²) in [4.78, 5) is 0. The van der Waals surface area contributed by atoms with Crippen molar-refractivity contribution in [1.82, 2.24) is 0 Å². The van der Waals surface area contributed by atoms with Crippen LogP contribution in [0.2, 0.25) is 0 Å². The van der Waals surface area contributed by atoms with Crippen LogP contribution in [0, 0.1) is 13.8 Å². The van der Waals surface area contributed by atoms with Gasteiger partial charge in [0, 0.05) is 0 Å². The first-order valence-corrected chi connectivity index (χ1v) is 8.81. The first-order valence-electron chi connectivity index (χ1n) is 7.71. The second-order valence-corrected chi connectivity index (χ2v) is 6.43. The van der Waals surface area contributed by atoms with Crippen LogP contribution in [-0.2, 0) is 0 Å². The second-order valence-electron chi connectivity index (χ2n) is 5.44. The zero-order valence-electron chi connectivity index (χ0n) is 13.7. The lowest BCUT2D eigenvalue weighted by molar-refractivity contribution is 0.388. The van der Waals surface area contributed by atoms with Crippen molar-refractivity contribution in [3.05, 3.63) is 90.0 Å². The van der Waals surface area contributed by atoms with Crippen LogP contribution in [0.15, 0.2) is 78.9 Å². The van der Waals surface area contributed by atoms with Gasteiger partial charge in [-0.25, -0.2) is 0 Å². The Hall–Kier alpha value is -2.51. The summed E-state index contributed by atoms with van der Waals surface area (Å²) in [7, 11) is -1.61. The molecule has 0 radical (unpaired) electrons. The highest BCUT2D eigenvalue weighted by molar-refractivity contribution is 7.43. The van der Waals surface area contributed by atoms with E-state index in [0.717, 1.165) is 11.5 Å². The summed E-state index contributed by atoms with van der Waals surface area (Å²) in [5.74, 6) is 2.15. The molecule has 0 fully saturated rings. The summed E-state index contributed by atoms with van der Waals surface area (Å²) < 4.78 is 17.8. The molecule has 3 aromatic carbocycles. The van der Waals surface area contributed by atoms with Crippen molar-refractivity contribution in [2.75, 3.05) is 0 Å². The third-order valence-electron chi connectivity index (χ3n) is 3.33. The van der Waals surface area contributed by atoms with Crippen LogP contribution in [0.1, 0.15) is 11.1 Å². The molecule has 0 atom stereocenters. The molecule has 0 amide bonds. The molecule has 0 spiro atoms. The monoisotopic (exact) mass is 338 g/mol. The van der Waals surface area contributed by atoms with Gasteiger partial charge in [0.1, 0.15) is 17.2 Å². The number of aryl methyl sites for hydroxylation is 2. The van der Waals surface area contributed by atoms with Crippen molar-refractivity contribution in [3.8, 4) is 17.2 Å². The van der Waals surface area contributed by atoms with E-state index in [1.54, 1.807) is 0 Å². The molecule has 0 aliphatic carbocycles. The van der Waals surface area contributed by atoms with Crippen molar-refractivity contribution < 1.29 is 13.6 Å². The Kier molecular flexibility index (Phi) is 5.35. The standard InChI is InChI=1S/C20H19O3P/c1-16-8-12-19(13-9-16)22-24(21-18-6-4-3-5-7-18)23-20-14-10-17(2)11-15-20/h3-15H,1-2H3. The van der Waals surface area contributed by atoms with Crippen LogP contribution in [0.5, 0.6) is 17.2 Å². The van der Waals surface area contributed by atoms with Crippen LogP contribution in [0.3, 0.4) is 0 Å². The molecule has 0 N–H and O–H groups in total. The quantitative estimate of drug-likeness (QED) is 0.511. The predicted octanol–water partition coefficient (Wildman–Crippen LogP) is 6.07. The number of rotatable bonds is 6. The summed E-state index contributed by atoms with van der Waals surface area (Å²) in [6.45, 7) is 4.08. The van der Waals surface area contributed by atoms with E-state index in [-0.39, 0.29) is 0 Å². The summed E-state index contributed by atoms with van der Waals surface area (Å²) in [6.07, 6.45) is 0. The zero-order valence-corrected chi connectivity index (χ0v) is 14.6. The molecule has 0 bridgehead atoms. The minimum Gasteiger partial charge on any atom is -0.409 e. The topological polar surface area (TPSA) is 27.7 Å². The van der Waals surface area contributed by atoms with E-state index in [4.69, 9.17) is 13.6 Å². The fourth-order valence-corrected chi connectivity index (χ4v) is 2.99. The first-order chi connectivity index (χ1) is 11.7. The summed E-state index contributed by atoms with van der Waals surface area (Å²) in [5, 5.41) is 0. The number of hydrogen-bond acceptors (Lipinski definition) is 3. The van der Waals surface area contributed by atoms with Gasteiger partial charge >= 0.3 is 8.60 Å². The Morgan fingerprint density at radius 1 is 0.500 bits per heavy atom. The predicted molar refractivity (Wildman–Crippen MR) is 97.6 cm³/mol. The van der Waals surface area contributed by atoms with Gasteiger partial charge < -0.3 is 13.6 Å². The van der Waals surface area contributed by atoms with Gasteiger partial charge in [0.2, 0.25) is 0 Å². The Morgan fingerprint density at radius 3 is 1.29 bits per heavy atom. The lowest BCUT2D eigenvalue weighted by Crippen LogP contribution is -2.02.